The average molecular weight is 684 g/mol. The number of benzene rings is 4. The normalized spacial score (nSPS) is 11.9. The highest BCUT2D eigenvalue weighted by Crippen LogP contribution is 2.31. The molecule has 1 N–H and O–H groups in total. The van der Waals surface area contributed by atoms with Gasteiger partial charge in [0.05, 0.1) is 30.2 Å². The first-order valence-electron chi connectivity index (χ1n) is 13.8. The molecule has 0 atom stereocenters. The van der Waals surface area contributed by atoms with Crippen LogP contribution in [0, 0.1) is 18.3 Å². The number of nitrogens with zero attached hydrogens (tertiary/aromatic N) is 2. The van der Waals surface area contributed by atoms with Crippen molar-refractivity contribution < 1.29 is 34.2 Å². The molecular weight excluding hydrogens is 651 g/mol. The van der Waals surface area contributed by atoms with E-state index in [-0.39, 0.29) is 12.3 Å². The lowest BCUT2D eigenvalue weighted by atomic mass is 10.1. The van der Waals surface area contributed by atoms with E-state index in [1.54, 1.807) is 67.6 Å². The van der Waals surface area contributed by atoms with Gasteiger partial charge in [-0.3, -0.25) is 8.91 Å². The second kappa shape index (κ2) is 14.3. The number of hydrogen-bond acceptors (Lipinski definition) is 10. The third kappa shape index (κ3) is 10.6. The van der Waals surface area contributed by atoms with Gasteiger partial charge >= 0.3 is 0 Å². The van der Waals surface area contributed by atoms with Crippen LogP contribution in [0.3, 0.4) is 0 Å². The molecule has 242 valence electrons. The number of nitriles is 1. The molecule has 0 fully saturated rings. The largest absolute Gasteiger partial charge is 0.457 e. The second-order valence-electron chi connectivity index (χ2n) is 10.7. The Morgan fingerprint density at radius 2 is 1.37 bits per heavy atom. The van der Waals surface area contributed by atoms with E-state index in [0.717, 1.165) is 29.3 Å². The maximum Gasteiger partial charge on any atom is 0.264 e. The first kappa shape index (κ1) is 34.5. The van der Waals surface area contributed by atoms with Crippen LogP contribution in [0.15, 0.2) is 91.0 Å². The molecule has 0 saturated heterocycles. The molecule has 4 aromatic rings. The molecule has 4 rings (SSSR count). The molecule has 0 amide bonds. The molecule has 0 radical (unpaired) electrons. The minimum Gasteiger partial charge on any atom is -0.457 e. The van der Waals surface area contributed by atoms with Gasteiger partial charge in [0.2, 0.25) is 10.0 Å². The fraction of sp³-hybridized carbons (Fsp3) is 0.219. The zero-order valence-electron chi connectivity index (χ0n) is 25.4. The van der Waals surface area contributed by atoms with Gasteiger partial charge in [-0.15, -0.1) is 0 Å². The quantitative estimate of drug-likeness (QED) is 0.178. The number of sulfone groups is 1. The van der Waals surface area contributed by atoms with Crippen LogP contribution >= 0.6 is 0 Å². The first-order chi connectivity index (χ1) is 21.6. The SMILES string of the molecule is Cc1c(NS(=O)(=O)CS(C)(=O)=O)cccc1N(Cc1ccc(C#N)cc1)Cc1ccc(Oc2cccc(COS(C)(=O)=O)c2)cc1. The lowest BCUT2D eigenvalue weighted by Crippen LogP contribution is -2.25. The Kier molecular flexibility index (Phi) is 10.7. The highest BCUT2D eigenvalue weighted by molar-refractivity contribution is 8.08. The van der Waals surface area contributed by atoms with E-state index in [4.69, 9.17) is 8.92 Å². The predicted octanol–water partition coefficient (Wildman–Crippen LogP) is 5.09. The Hall–Kier alpha value is -4.42. The van der Waals surface area contributed by atoms with E-state index in [1.165, 1.54) is 0 Å². The molecule has 0 aliphatic heterocycles. The Morgan fingerprint density at radius 1 is 0.761 bits per heavy atom. The van der Waals surface area contributed by atoms with Gasteiger partial charge in [0.1, 0.15) is 11.5 Å². The molecule has 0 bridgehead atoms. The van der Waals surface area contributed by atoms with Gasteiger partial charge in [-0.1, -0.05) is 42.5 Å². The Balaban J connectivity index is 1.58. The maximum atomic E-state index is 12.6. The summed E-state index contributed by atoms with van der Waals surface area (Å²) in [4.78, 5) is 2.05. The summed E-state index contributed by atoms with van der Waals surface area (Å²) in [5.74, 6) is 1.07. The van der Waals surface area contributed by atoms with Crippen LogP contribution in [0.1, 0.15) is 27.8 Å². The number of sulfonamides is 1. The van der Waals surface area contributed by atoms with Crippen LogP contribution in [0.2, 0.25) is 0 Å². The van der Waals surface area contributed by atoms with Crippen LogP contribution in [0.5, 0.6) is 11.5 Å². The van der Waals surface area contributed by atoms with E-state index < -0.39 is 35.1 Å². The number of anilines is 2. The second-order valence-corrected chi connectivity index (χ2v) is 16.6. The van der Waals surface area contributed by atoms with Crippen molar-refractivity contribution in [1.29, 1.82) is 5.26 Å². The zero-order valence-corrected chi connectivity index (χ0v) is 27.8. The number of hydrogen-bond donors (Lipinski definition) is 1. The number of rotatable bonds is 14. The molecule has 14 heteroatoms. The molecule has 0 heterocycles. The summed E-state index contributed by atoms with van der Waals surface area (Å²) >= 11 is 0. The smallest absolute Gasteiger partial charge is 0.264 e. The van der Waals surface area contributed by atoms with Crippen molar-refractivity contribution in [2.75, 3.05) is 27.2 Å². The Labute approximate surface area is 270 Å². The highest BCUT2D eigenvalue weighted by Gasteiger charge is 2.21. The number of nitrogens with one attached hydrogen (secondary N) is 1. The van der Waals surface area contributed by atoms with E-state index in [9.17, 15) is 30.5 Å². The van der Waals surface area contributed by atoms with Crippen molar-refractivity contribution in [2.45, 2.75) is 26.6 Å². The van der Waals surface area contributed by atoms with Gasteiger partial charge in [0, 0.05) is 25.0 Å². The van der Waals surface area contributed by atoms with E-state index in [2.05, 4.69) is 10.8 Å². The van der Waals surface area contributed by atoms with E-state index in [1.807, 2.05) is 35.2 Å². The standard InChI is InChI=1S/C32H33N3O8S3/c1-24-31(34-46(40,41)23-44(2,36)37)8-5-9-32(24)35(20-26-12-10-25(19-33)11-13-26)21-27-14-16-29(17-15-27)43-30-7-4-6-28(18-30)22-42-45(3,38)39/h4-18,34H,20-23H2,1-3H3. The monoisotopic (exact) mass is 683 g/mol. The molecule has 0 spiro atoms. The minimum absolute atomic E-state index is 0.107. The molecule has 0 aromatic heterocycles. The van der Waals surface area contributed by atoms with E-state index in [0.29, 0.717) is 41.3 Å². The van der Waals surface area contributed by atoms with Gasteiger partial charge in [-0.2, -0.15) is 13.7 Å². The topological polar surface area (TPSA) is 160 Å². The molecule has 0 unspecified atom stereocenters. The minimum atomic E-state index is -4.16. The molecule has 11 nitrogen and oxygen atoms in total. The molecule has 46 heavy (non-hydrogen) atoms. The van der Waals surface area contributed by atoms with Crippen molar-refractivity contribution in [3.05, 3.63) is 119 Å². The van der Waals surface area contributed by atoms with Gasteiger partial charge in [-0.25, -0.2) is 16.8 Å². The summed E-state index contributed by atoms with van der Waals surface area (Å²) in [5.41, 5.74) is 4.58. The van der Waals surface area contributed by atoms with Crippen molar-refractivity contribution in [1.82, 2.24) is 0 Å². The molecular formula is C32H33N3O8S3. The van der Waals surface area contributed by atoms with Crippen molar-refractivity contribution in [2.24, 2.45) is 0 Å². The molecule has 0 aliphatic carbocycles. The van der Waals surface area contributed by atoms with Crippen LogP contribution < -0.4 is 14.4 Å². The highest BCUT2D eigenvalue weighted by atomic mass is 32.3. The fourth-order valence-electron chi connectivity index (χ4n) is 4.58. The number of ether oxygens (including phenoxy) is 1. The summed E-state index contributed by atoms with van der Waals surface area (Å²) in [6, 6.07) is 28.7. The van der Waals surface area contributed by atoms with Crippen molar-refractivity contribution in [3.8, 4) is 17.6 Å². The zero-order chi connectivity index (χ0) is 33.5. The van der Waals surface area contributed by atoms with Crippen LogP contribution in [-0.4, -0.2) is 42.8 Å². The summed E-state index contributed by atoms with van der Waals surface area (Å²) < 4.78 is 84.4. The van der Waals surface area contributed by atoms with Crippen LogP contribution in [-0.2, 0) is 53.9 Å². The summed E-state index contributed by atoms with van der Waals surface area (Å²) in [7, 11) is -11.5. The molecule has 0 aliphatic rings. The van der Waals surface area contributed by atoms with Crippen LogP contribution in [0.4, 0.5) is 11.4 Å². The van der Waals surface area contributed by atoms with Gasteiger partial charge in [0.25, 0.3) is 10.1 Å². The van der Waals surface area contributed by atoms with Gasteiger partial charge in [0.15, 0.2) is 14.9 Å². The van der Waals surface area contributed by atoms with Gasteiger partial charge < -0.3 is 9.64 Å². The molecule has 0 saturated carbocycles. The third-order valence-corrected chi connectivity index (χ3v) is 10.6. The van der Waals surface area contributed by atoms with Crippen molar-refractivity contribution in [3.63, 3.8) is 0 Å². The lowest BCUT2D eigenvalue weighted by Gasteiger charge is -2.28. The summed E-state index contributed by atoms with van der Waals surface area (Å²) in [5, 5.41) is 8.17. The third-order valence-electron chi connectivity index (χ3n) is 6.61. The summed E-state index contributed by atoms with van der Waals surface area (Å²) in [6.45, 7) is 2.49. The Bertz CT molecular complexity index is 2060. The predicted molar refractivity (Wildman–Crippen MR) is 177 cm³/mol. The average Bonchev–Trinajstić information content (AvgIpc) is 2.97. The molecule has 4 aromatic carbocycles. The maximum absolute atomic E-state index is 12.6. The van der Waals surface area contributed by atoms with Crippen molar-refractivity contribution >= 4 is 41.4 Å². The Morgan fingerprint density at radius 3 is 1.96 bits per heavy atom. The van der Waals surface area contributed by atoms with E-state index >= 15 is 0 Å². The van der Waals surface area contributed by atoms with Crippen LogP contribution in [0.25, 0.3) is 0 Å². The summed E-state index contributed by atoms with van der Waals surface area (Å²) in [6.07, 6.45) is 1.85. The van der Waals surface area contributed by atoms with Gasteiger partial charge in [-0.05, 0) is 77.7 Å². The first-order valence-corrected chi connectivity index (χ1v) is 19.3. The lowest BCUT2D eigenvalue weighted by molar-refractivity contribution is 0.311. The fourth-order valence-corrected chi connectivity index (χ4v) is 7.98.